The van der Waals surface area contributed by atoms with Crippen molar-refractivity contribution in [3.8, 4) is 5.75 Å². The molecule has 0 aliphatic heterocycles. The average molecular weight is 291 g/mol. The minimum Gasteiger partial charge on any atom is -0.494 e. The van der Waals surface area contributed by atoms with E-state index < -0.39 is 0 Å². The molecule has 2 aromatic rings. The van der Waals surface area contributed by atoms with Gasteiger partial charge in [0.2, 0.25) is 0 Å². The Hall–Kier alpha value is -1.88. The molecule has 0 aliphatic carbocycles. The topological polar surface area (TPSA) is 48.3 Å². The Balaban J connectivity index is 2.44. The highest BCUT2D eigenvalue weighted by molar-refractivity contribution is 7.07. The molecule has 5 heteroatoms. The first kappa shape index (κ1) is 14.5. The first-order chi connectivity index (χ1) is 9.52. The van der Waals surface area contributed by atoms with Gasteiger partial charge in [-0.3, -0.25) is 14.2 Å². The fraction of sp³-hybridized carbons (Fsp3) is 0.333. The van der Waals surface area contributed by atoms with Gasteiger partial charge in [0.15, 0.2) is 5.78 Å². The highest BCUT2D eigenvalue weighted by Gasteiger charge is 2.11. The molecule has 0 spiro atoms. The largest absolute Gasteiger partial charge is 0.494 e. The van der Waals surface area contributed by atoms with Crippen LogP contribution < -0.4 is 9.61 Å². The molecule has 0 radical (unpaired) electrons. The number of thiazole rings is 1. The van der Waals surface area contributed by atoms with Crippen molar-refractivity contribution in [3.63, 3.8) is 0 Å². The summed E-state index contributed by atoms with van der Waals surface area (Å²) in [4.78, 5) is 23.3. The van der Waals surface area contributed by atoms with E-state index in [1.165, 1.54) is 18.3 Å². The van der Waals surface area contributed by atoms with Crippen LogP contribution in [0, 0.1) is 6.92 Å². The van der Waals surface area contributed by atoms with Crippen LogP contribution in [0.3, 0.4) is 0 Å². The Bertz CT molecular complexity index is 685. The smallest absolute Gasteiger partial charge is 0.307 e. The minimum atomic E-state index is -0.00169. The molecule has 0 aliphatic rings. The fourth-order valence-corrected chi connectivity index (χ4v) is 2.72. The number of carbonyl (C=O) groups is 1. The predicted octanol–water partition coefficient (Wildman–Crippen LogP) is 2.87. The number of hydrogen-bond donors (Lipinski definition) is 0. The van der Waals surface area contributed by atoms with E-state index in [-0.39, 0.29) is 10.7 Å². The molecule has 0 amide bonds. The van der Waals surface area contributed by atoms with Crippen LogP contribution in [0.2, 0.25) is 0 Å². The van der Waals surface area contributed by atoms with E-state index in [1.54, 1.807) is 22.8 Å². The third kappa shape index (κ3) is 2.99. The molecule has 0 fully saturated rings. The SMILES string of the molecule is CCOc1ccc(C(C)=O)cc1Cn1c(C)csc1=O. The monoisotopic (exact) mass is 291 g/mol. The molecule has 0 atom stereocenters. The zero-order valence-electron chi connectivity index (χ0n) is 11.8. The van der Waals surface area contributed by atoms with E-state index >= 15 is 0 Å². The summed E-state index contributed by atoms with van der Waals surface area (Å²) in [6.07, 6.45) is 0. The second-order valence-corrected chi connectivity index (χ2v) is 5.36. The number of carbonyl (C=O) groups excluding carboxylic acids is 1. The van der Waals surface area contributed by atoms with Crippen LogP contribution in [0.25, 0.3) is 0 Å². The standard InChI is InChI=1S/C15H17NO3S/c1-4-19-14-6-5-12(11(3)17)7-13(14)8-16-10(2)9-20-15(16)18/h5-7,9H,4,8H2,1-3H3. The summed E-state index contributed by atoms with van der Waals surface area (Å²) in [5, 5.41) is 1.83. The van der Waals surface area contributed by atoms with Crippen molar-refractivity contribution < 1.29 is 9.53 Å². The van der Waals surface area contributed by atoms with Crippen molar-refractivity contribution >= 4 is 17.1 Å². The van der Waals surface area contributed by atoms with Gasteiger partial charge in [-0.15, -0.1) is 0 Å². The maximum atomic E-state index is 11.8. The van der Waals surface area contributed by atoms with E-state index in [9.17, 15) is 9.59 Å². The van der Waals surface area contributed by atoms with Gasteiger partial charge >= 0.3 is 4.87 Å². The lowest BCUT2D eigenvalue weighted by Gasteiger charge is -2.12. The van der Waals surface area contributed by atoms with E-state index in [0.717, 1.165) is 17.0 Å². The van der Waals surface area contributed by atoms with E-state index in [0.29, 0.717) is 18.7 Å². The van der Waals surface area contributed by atoms with Crippen molar-refractivity contribution in [2.24, 2.45) is 0 Å². The van der Waals surface area contributed by atoms with Crippen LogP contribution in [-0.2, 0) is 6.54 Å². The Morgan fingerprint density at radius 1 is 1.40 bits per heavy atom. The zero-order chi connectivity index (χ0) is 14.7. The van der Waals surface area contributed by atoms with E-state index in [1.807, 2.05) is 19.2 Å². The highest BCUT2D eigenvalue weighted by atomic mass is 32.1. The van der Waals surface area contributed by atoms with E-state index in [2.05, 4.69) is 0 Å². The Morgan fingerprint density at radius 2 is 2.15 bits per heavy atom. The molecule has 106 valence electrons. The number of rotatable bonds is 5. The van der Waals surface area contributed by atoms with Crippen molar-refractivity contribution in [1.29, 1.82) is 0 Å². The molecule has 2 rings (SSSR count). The summed E-state index contributed by atoms with van der Waals surface area (Å²) in [5.74, 6) is 0.721. The lowest BCUT2D eigenvalue weighted by Crippen LogP contribution is -2.16. The number of nitrogens with zero attached hydrogens (tertiary/aromatic N) is 1. The summed E-state index contributed by atoms with van der Waals surface area (Å²) < 4.78 is 7.26. The molecular weight excluding hydrogens is 274 g/mol. The second kappa shape index (κ2) is 6.05. The molecule has 0 bridgehead atoms. The van der Waals surface area contributed by atoms with Crippen molar-refractivity contribution in [2.45, 2.75) is 27.3 Å². The number of aromatic nitrogens is 1. The number of ether oxygens (including phenoxy) is 1. The number of benzene rings is 1. The van der Waals surface area contributed by atoms with Gasteiger partial charge in [-0.2, -0.15) is 0 Å². The van der Waals surface area contributed by atoms with Crippen LogP contribution >= 0.6 is 11.3 Å². The second-order valence-electron chi connectivity index (χ2n) is 4.54. The fourth-order valence-electron chi connectivity index (χ4n) is 1.98. The van der Waals surface area contributed by atoms with Crippen LogP contribution in [-0.4, -0.2) is 17.0 Å². The van der Waals surface area contributed by atoms with Crippen LogP contribution in [0.1, 0.15) is 35.5 Å². The van der Waals surface area contributed by atoms with Crippen molar-refractivity contribution in [2.75, 3.05) is 6.61 Å². The Kier molecular flexibility index (Phi) is 4.39. The van der Waals surface area contributed by atoms with Crippen molar-refractivity contribution in [3.05, 3.63) is 50.1 Å². The third-order valence-electron chi connectivity index (χ3n) is 3.07. The molecular formula is C15H17NO3S. The molecule has 1 aromatic carbocycles. The van der Waals surface area contributed by atoms with Gasteiger partial charge in [0.25, 0.3) is 0 Å². The predicted molar refractivity (Wildman–Crippen MR) is 80.0 cm³/mol. The van der Waals surface area contributed by atoms with Gasteiger partial charge in [0.1, 0.15) is 5.75 Å². The molecule has 4 nitrogen and oxygen atoms in total. The first-order valence-corrected chi connectivity index (χ1v) is 7.32. The minimum absolute atomic E-state index is 0.00169. The summed E-state index contributed by atoms with van der Waals surface area (Å²) in [5.41, 5.74) is 2.39. The third-order valence-corrected chi connectivity index (χ3v) is 3.95. The number of Topliss-reactive ketones (excluding diaryl/α,β-unsaturated/α-hetero) is 1. The maximum absolute atomic E-state index is 11.8. The number of aryl methyl sites for hydroxylation is 1. The summed E-state index contributed by atoms with van der Waals surface area (Å²) >= 11 is 1.18. The zero-order valence-corrected chi connectivity index (χ0v) is 12.6. The molecule has 0 N–H and O–H groups in total. The molecule has 1 aromatic heterocycles. The molecule has 1 heterocycles. The van der Waals surface area contributed by atoms with Gasteiger partial charge in [-0.05, 0) is 39.0 Å². The lowest BCUT2D eigenvalue weighted by atomic mass is 10.1. The number of ketones is 1. The Morgan fingerprint density at radius 3 is 2.70 bits per heavy atom. The van der Waals surface area contributed by atoms with Gasteiger partial charge in [0.05, 0.1) is 13.2 Å². The Labute approximate surface area is 121 Å². The summed E-state index contributed by atoms with van der Waals surface area (Å²) in [6.45, 7) is 6.30. The van der Waals surface area contributed by atoms with Gasteiger partial charge in [-0.1, -0.05) is 11.3 Å². The van der Waals surface area contributed by atoms with Gasteiger partial charge in [-0.25, -0.2) is 0 Å². The highest BCUT2D eigenvalue weighted by Crippen LogP contribution is 2.22. The van der Waals surface area contributed by atoms with Gasteiger partial charge < -0.3 is 4.74 Å². The first-order valence-electron chi connectivity index (χ1n) is 6.44. The summed E-state index contributed by atoms with van der Waals surface area (Å²) in [7, 11) is 0. The van der Waals surface area contributed by atoms with Crippen LogP contribution in [0.4, 0.5) is 0 Å². The lowest BCUT2D eigenvalue weighted by molar-refractivity contribution is 0.101. The molecule has 0 unspecified atom stereocenters. The summed E-state index contributed by atoms with van der Waals surface area (Å²) in [6, 6.07) is 5.35. The number of hydrogen-bond acceptors (Lipinski definition) is 4. The van der Waals surface area contributed by atoms with E-state index in [4.69, 9.17) is 4.74 Å². The average Bonchev–Trinajstić information content (AvgIpc) is 2.72. The van der Waals surface area contributed by atoms with Crippen LogP contribution in [0.5, 0.6) is 5.75 Å². The maximum Gasteiger partial charge on any atom is 0.307 e. The van der Waals surface area contributed by atoms with Gasteiger partial charge in [0, 0.05) is 22.2 Å². The normalized spacial score (nSPS) is 10.6. The van der Waals surface area contributed by atoms with Crippen molar-refractivity contribution in [1.82, 2.24) is 4.57 Å². The van der Waals surface area contributed by atoms with Crippen LogP contribution in [0.15, 0.2) is 28.4 Å². The molecule has 0 saturated carbocycles. The quantitative estimate of drug-likeness (QED) is 0.796. The molecule has 0 saturated heterocycles. The molecule has 20 heavy (non-hydrogen) atoms.